The first kappa shape index (κ1) is 27.6. The zero-order chi connectivity index (χ0) is 28.0. The molecule has 0 unspecified atom stereocenters. The highest BCUT2D eigenvalue weighted by Gasteiger charge is 2.29. The first-order chi connectivity index (χ1) is 18.6. The average molecular weight is 542 g/mol. The molecule has 0 heterocycles. The summed E-state index contributed by atoms with van der Waals surface area (Å²) in [6.45, 7) is 5.64. The molecule has 4 aromatic carbocycles. The van der Waals surface area contributed by atoms with Crippen LogP contribution in [0, 0.1) is 0 Å². The monoisotopic (exact) mass is 541 g/mol. The third-order valence-corrected chi connectivity index (χ3v) is 7.60. The van der Waals surface area contributed by atoms with Crippen LogP contribution in [0.4, 0.5) is 11.4 Å². The first-order valence-electron chi connectivity index (χ1n) is 12.5. The maximum atomic E-state index is 13.9. The fourth-order valence-electron chi connectivity index (χ4n) is 4.04. The fourth-order valence-corrected chi connectivity index (χ4v) is 5.53. The highest BCUT2D eigenvalue weighted by Crippen LogP contribution is 2.30. The molecular weight excluding hydrogens is 510 g/mol. The molecule has 0 atom stereocenters. The molecule has 0 aromatic heterocycles. The smallest absolute Gasteiger partial charge is 0.264 e. The van der Waals surface area contributed by atoms with E-state index in [0.29, 0.717) is 11.3 Å². The fraction of sp³-hybridized carbons (Fsp3) is 0.161. The lowest BCUT2D eigenvalue weighted by Crippen LogP contribution is -2.40. The Morgan fingerprint density at radius 1 is 0.692 bits per heavy atom. The molecule has 2 N–H and O–H groups in total. The number of amides is 2. The Morgan fingerprint density at radius 2 is 1.23 bits per heavy atom. The summed E-state index contributed by atoms with van der Waals surface area (Å²) in [7, 11) is -4.03. The van der Waals surface area contributed by atoms with Crippen molar-refractivity contribution in [2.45, 2.75) is 37.8 Å². The van der Waals surface area contributed by atoms with Gasteiger partial charge in [0, 0.05) is 5.54 Å². The third-order valence-electron chi connectivity index (χ3n) is 5.83. The van der Waals surface area contributed by atoms with Crippen LogP contribution >= 0.6 is 0 Å². The summed E-state index contributed by atoms with van der Waals surface area (Å²) < 4.78 is 29.0. The van der Waals surface area contributed by atoms with Gasteiger partial charge in [-0.1, -0.05) is 72.8 Å². The zero-order valence-electron chi connectivity index (χ0n) is 22.1. The second-order valence-electron chi connectivity index (χ2n) is 10.0. The van der Waals surface area contributed by atoms with Crippen LogP contribution in [-0.4, -0.2) is 25.8 Å². The Kier molecular flexibility index (Phi) is 8.16. The average Bonchev–Trinajstić information content (AvgIpc) is 2.92. The van der Waals surface area contributed by atoms with Gasteiger partial charge < -0.3 is 10.6 Å². The number of sulfonamides is 1. The van der Waals surface area contributed by atoms with Crippen molar-refractivity contribution in [3.63, 3.8) is 0 Å². The number of para-hydroxylation sites is 2. The summed E-state index contributed by atoms with van der Waals surface area (Å²) in [5.41, 5.74) is 1.29. The van der Waals surface area contributed by atoms with Gasteiger partial charge in [-0.05, 0) is 62.7 Å². The Bertz CT molecular complexity index is 1560. The van der Waals surface area contributed by atoms with E-state index in [4.69, 9.17) is 0 Å². The largest absolute Gasteiger partial charge is 0.347 e. The second kappa shape index (κ2) is 11.5. The van der Waals surface area contributed by atoms with E-state index in [1.165, 1.54) is 16.4 Å². The maximum absolute atomic E-state index is 13.9. The predicted octanol–water partition coefficient (Wildman–Crippen LogP) is 5.86. The van der Waals surface area contributed by atoms with Crippen LogP contribution in [-0.2, 0) is 16.6 Å². The van der Waals surface area contributed by atoms with E-state index in [-0.39, 0.29) is 28.6 Å². The second-order valence-corrected chi connectivity index (χ2v) is 11.9. The topological polar surface area (TPSA) is 95.6 Å². The summed E-state index contributed by atoms with van der Waals surface area (Å²) in [5.74, 6) is -0.869. The third kappa shape index (κ3) is 6.72. The minimum atomic E-state index is -4.03. The molecule has 7 nitrogen and oxygen atoms in total. The number of nitrogens with one attached hydrogen (secondary N) is 2. The van der Waals surface area contributed by atoms with Crippen LogP contribution in [0.25, 0.3) is 0 Å². The highest BCUT2D eigenvalue weighted by molar-refractivity contribution is 7.92. The molecule has 0 fully saturated rings. The van der Waals surface area contributed by atoms with E-state index in [9.17, 15) is 18.0 Å². The summed E-state index contributed by atoms with van der Waals surface area (Å²) in [4.78, 5) is 26.7. The van der Waals surface area contributed by atoms with Crippen molar-refractivity contribution >= 4 is 33.2 Å². The molecule has 0 aliphatic heterocycles. The van der Waals surface area contributed by atoms with E-state index >= 15 is 0 Å². The number of carbonyl (C=O) groups excluding carboxylic acids is 2. The molecule has 0 radical (unpaired) electrons. The molecule has 0 saturated heterocycles. The summed E-state index contributed by atoms with van der Waals surface area (Å²) in [6.07, 6.45) is 0. The molecule has 0 saturated carbocycles. The van der Waals surface area contributed by atoms with Gasteiger partial charge in [0.05, 0.1) is 33.9 Å². The van der Waals surface area contributed by atoms with Gasteiger partial charge in [0.25, 0.3) is 21.8 Å². The number of rotatable bonds is 8. The zero-order valence-corrected chi connectivity index (χ0v) is 22.9. The van der Waals surface area contributed by atoms with E-state index in [2.05, 4.69) is 10.6 Å². The van der Waals surface area contributed by atoms with Crippen LogP contribution in [0.1, 0.15) is 47.1 Å². The number of benzene rings is 4. The molecular formula is C31H31N3O4S. The number of nitrogens with zero attached hydrogens (tertiary/aromatic N) is 1. The van der Waals surface area contributed by atoms with Crippen molar-refractivity contribution in [3.8, 4) is 0 Å². The molecule has 4 aromatic rings. The first-order valence-corrected chi connectivity index (χ1v) is 13.9. The molecule has 0 bridgehead atoms. The highest BCUT2D eigenvalue weighted by atomic mass is 32.2. The summed E-state index contributed by atoms with van der Waals surface area (Å²) >= 11 is 0. The minimum Gasteiger partial charge on any atom is -0.347 e. The molecule has 200 valence electrons. The molecule has 0 aliphatic rings. The van der Waals surface area contributed by atoms with Crippen molar-refractivity contribution in [1.29, 1.82) is 0 Å². The number of hydrogen-bond donors (Lipinski definition) is 2. The van der Waals surface area contributed by atoms with Gasteiger partial charge in [0.1, 0.15) is 0 Å². The van der Waals surface area contributed by atoms with Crippen molar-refractivity contribution in [2.75, 3.05) is 9.62 Å². The Hall–Kier alpha value is -4.43. The van der Waals surface area contributed by atoms with Gasteiger partial charge in [-0.2, -0.15) is 0 Å². The lowest BCUT2D eigenvalue weighted by Gasteiger charge is -2.27. The Morgan fingerprint density at radius 3 is 1.87 bits per heavy atom. The number of anilines is 2. The van der Waals surface area contributed by atoms with Gasteiger partial charge in [-0.15, -0.1) is 0 Å². The van der Waals surface area contributed by atoms with E-state index < -0.39 is 21.5 Å². The number of carbonyl (C=O) groups is 2. The van der Waals surface area contributed by atoms with Crippen molar-refractivity contribution in [3.05, 3.63) is 126 Å². The van der Waals surface area contributed by atoms with Gasteiger partial charge in [-0.25, -0.2) is 8.42 Å². The van der Waals surface area contributed by atoms with Gasteiger partial charge in [-0.3, -0.25) is 13.9 Å². The summed E-state index contributed by atoms with van der Waals surface area (Å²) in [6, 6.07) is 30.6. The summed E-state index contributed by atoms with van der Waals surface area (Å²) in [5, 5.41) is 5.73. The van der Waals surface area contributed by atoms with E-state index in [0.717, 1.165) is 5.56 Å². The molecule has 4 rings (SSSR count). The molecule has 39 heavy (non-hydrogen) atoms. The van der Waals surface area contributed by atoms with Gasteiger partial charge >= 0.3 is 0 Å². The standard InChI is InChI=1S/C31H31N3O4S/c1-31(2,3)33-30(36)25-18-10-12-20-27(25)32-29(35)26-19-11-13-21-28(26)34(22-23-14-6-4-7-15-23)39(37,38)24-16-8-5-9-17-24/h4-21H,22H2,1-3H3,(H,32,35)(H,33,36). The SMILES string of the molecule is CC(C)(C)NC(=O)c1ccccc1NC(=O)c1ccccc1N(Cc1ccccc1)S(=O)(=O)c1ccccc1. The predicted molar refractivity (Wildman–Crippen MR) is 154 cm³/mol. The maximum Gasteiger partial charge on any atom is 0.264 e. The van der Waals surface area contributed by atoms with Crippen LogP contribution in [0.15, 0.2) is 114 Å². The van der Waals surface area contributed by atoms with Crippen molar-refractivity contribution < 1.29 is 18.0 Å². The van der Waals surface area contributed by atoms with Crippen LogP contribution in [0.2, 0.25) is 0 Å². The minimum absolute atomic E-state index is 0.0208. The normalized spacial score (nSPS) is 11.5. The molecule has 8 heteroatoms. The van der Waals surface area contributed by atoms with Crippen molar-refractivity contribution in [2.24, 2.45) is 0 Å². The van der Waals surface area contributed by atoms with Gasteiger partial charge in [0.15, 0.2) is 0 Å². The van der Waals surface area contributed by atoms with Crippen LogP contribution < -0.4 is 14.9 Å². The lowest BCUT2D eigenvalue weighted by atomic mass is 10.1. The number of hydrogen-bond acceptors (Lipinski definition) is 4. The van der Waals surface area contributed by atoms with E-state index in [1.807, 2.05) is 51.1 Å². The Labute approximate surface area is 229 Å². The van der Waals surface area contributed by atoms with Crippen LogP contribution in [0.5, 0.6) is 0 Å². The molecule has 0 aliphatic carbocycles. The lowest BCUT2D eigenvalue weighted by molar-refractivity contribution is 0.0920. The molecule has 0 spiro atoms. The van der Waals surface area contributed by atoms with Crippen LogP contribution in [0.3, 0.4) is 0 Å². The Balaban J connectivity index is 1.75. The van der Waals surface area contributed by atoms with Gasteiger partial charge in [0.2, 0.25) is 0 Å². The van der Waals surface area contributed by atoms with E-state index in [1.54, 1.807) is 66.7 Å². The quantitative estimate of drug-likeness (QED) is 0.292. The van der Waals surface area contributed by atoms with Crippen molar-refractivity contribution in [1.82, 2.24) is 5.32 Å². The molecule has 2 amide bonds.